The molecule has 0 aromatic heterocycles. The number of ether oxygens (including phenoxy) is 1. The Balaban J connectivity index is 1.77. The molecule has 1 aromatic rings. The van der Waals surface area contributed by atoms with Crippen molar-refractivity contribution in [3.05, 3.63) is 33.8 Å². The van der Waals surface area contributed by atoms with E-state index >= 15 is 0 Å². The van der Waals surface area contributed by atoms with Crippen LogP contribution in [-0.2, 0) is 14.3 Å². The van der Waals surface area contributed by atoms with E-state index in [4.69, 9.17) is 27.9 Å². The third-order valence-corrected chi connectivity index (χ3v) is 6.76. The minimum Gasteiger partial charge on any atom is -0.456 e. The van der Waals surface area contributed by atoms with Gasteiger partial charge in [-0.3, -0.25) is 9.59 Å². The number of Topliss-reactive ketones (excluding diaryl/α,β-unsaturated/α-hetero) is 1. The second-order valence-electron chi connectivity index (χ2n) is 7.43. The molecule has 2 aliphatic carbocycles. The van der Waals surface area contributed by atoms with Crippen molar-refractivity contribution in [2.45, 2.75) is 57.5 Å². The molecule has 2 saturated carbocycles. The summed E-state index contributed by atoms with van der Waals surface area (Å²) in [5, 5.41) is 0.989. The van der Waals surface area contributed by atoms with Crippen molar-refractivity contribution in [2.75, 3.05) is 0 Å². The second kappa shape index (κ2) is 5.74. The van der Waals surface area contributed by atoms with Crippen LogP contribution in [-0.4, -0.2) is 11.8 Å². The zero-order valence-corrected chi connectivity index (χ0v) is 15.0. The Morgan fingerprint density at radius 1 is 0.958 bits per heavy atom. The summed E-state index contributed by atoms with van der Waals surface area (Å²) in [4.78, 5) is 26.4. The van der Waals surface area contributed by atoms with Crippen molar-refractivity contribution in [3.63, 3.8) is 0 Å². The first-order chi connectivity index (χ1) is 11.5. The highest BCUT2D eigenvalue weighted by atomic mass is 35.5. The second-order valence-corrected chi connectivity index (χ2v) is 8.28. The van der Waals surface area contributed by atoms with Crippen LogP contribution in [0.5, 0.6) is 0 Å². The van der Waals surface area contributed by atoms with Gasteiger partial charge in [0, 0.05) is 15.6 Å². The van der Waals surface area contributed by atoms with Crippen molar-refractivity contribution in [3.8, 4) is 0 Å². The maximum Gasteiger partial charge on any atom is 0.320 e. The Morgan fingerprint density at radius 3 is 2.25 bits per heavy atom. The minimum absolute atomic E-state index is 0.105. The summed E-state index contributed by atoms with van der Waals surface area (Å²) in [5.41, 5.74) is -0.801. The van der Waals surface area contributed by atoms with Crippen LogP contribution >= 0.6 is 23.2 Å². The number of rotatable bonds is 1. The van der Waals surface area contributed by atoms with Crippen LogP contribution in [0.15, 0.2) is 18.2 Å². The van der Waals surface area contributed by atoms with E-state index < -0.39 is 16.9 Å². The molecule has 1 aromatic carbocycles. The van der Waals surface area contributed by atoms with Gasteiger partial charge < -0.3 is 4.74 Å². The van der Waals surface area contributed by atoms with Gasteiger partial charge in [-0.2, -0.15) is 0 Å². The number of carbonyl (C=O) groups is 2. The molecular formula is C19H20Cl2O3. The molecule has 1 atom stereocenters. The first-order valence-electron chi connectivity index (χ1n) is 8.71. The lowest BCUT2D eigenvalue weighted by Gasteiger charge is -2.54. The summed E-state index contributed by atoms with van der Waals surface area (Å²) in [6, 6.07) is 5.17. The summed E-state index contributed by atoms with van der Waals surface area (Å²) in [5.74, 6) is -0.242. The van der Waals surface area contributed by atoms with Gasteiger partial charge in [-0.25, -0.2) is 0 Å². The molecule has 1 heterocycles. The van der Waals surface area contributed by atoms with E-state index in [0.717, 1.165) is 38.5 Å². The van der Waals surface area contributed by atoms with Crippen LogP contribution in [0, 0.1) is 10.8 Å². The zero-order valence-electron chi connectivity index (χ0n) is 13.4. The van der Waals surface area contributed by atoms with E-state index in [-0.39, 0.29) is 11.8 Å². The highest BCUT2D eigenvalue weighted by Gasteiger charge is 2.66. The van der Waals surface area contributed by atoms with Crippen LogP contribution in [0.25, 0.3) is 0 Å². The summed E-state index contributed by atoms with van der Waals surface area (Å²) in [6.45, 7) is 0. The van der Waals surface area contributed by atoms with E-state index in [1.54, 1.807) is 18.2 Å². The first kappa shape index (κ1) is 16.4. The number of hydrogen-bond donors (Lipinski definition) is 0. The SMILES string of the molecule is O=C1OC(c2ccc(Cl)cc2Cl)C2(CCC2)C(=O)C12CCCCC2. The van der Waals surface area contributed by atoms with Gasteiger partial charge in [0.2, 0.25) is 0 Å². The number of ketones is 1. The van der Waals surface area contributed by atoms with Gasteiger partial charge in [0.05, 0.1) is 5.41 Å². The number of benzene rings is 1. The summed E-state index contributed by atoms with van der Waals surface area (Å²) < 4.78 is 5.93. The predicted octanol–water partition coefficient (Wildman–Crippen LogP) is 5.28. The fourth-order valence-electron chi connectivity index (χ4n) is 4.73. The molecule has 3 aliphatic rings. The van der Waals surface area contributed by atoms with Crippen LogP contribution in [0.3, 0.4) is 0 Å². The van der Waals surface area contributed by atoms with Crippen molar-refractivity contribution in [2.24, 2.45) is 10.8 Å². The summed E-state index contributed by atoms with van der Waals surface area (Å²) in [7, 11) is 0. The number of cyclic esters (lactones) is 1. The molecule has 5 heteroatoms. The van der Waals surface area contributed by atoms with Crippen molar-refractivity contribution < 1.29 is 14.3 Å². The standard InChI is InChI=1S/C19H20Cl2O3/c20-12-5-6-13(14(21)11-12)15-18(9-4-10-18)16(22)19(17(23)24-15)7-2-1-3-8-19/h5-6,11,15H,1-4,7-10H2. The van der Waals surface area contributed by atoms with E-state index in [1.807, 2.05) is 0 Å². The number of esters is 1. The van der Waals surface area contributed by atoms with Crippen molar-refractivity contribution in [1.29, 1.82) is 0 Å². The molecule has 0 N–H and O–H groups in total. The molecule has 0 bridgehead atoms. The first-order valence-corrected chi connectivity index (χ1v) is 9.46. The van der Waals surface area contributed by atoms with Gasteiger partial charge >= 0.3 is 5.97 Å². The zero-order chi connectivity index (χ0) is 16.9. The highest BCUT2D eigenvalue weighted by Crippen LogP contribution is 2.62. The lowest BCUT2D eigenvalue weighted by Crippen LogP contribution is -2.60. The van der Waals surface area contributed by atoms with Crippen LogP contribution in [0.1, 0.15) is 63.0 Å². The lowest BCUT2D eigenvalue weighted by molar-refractivity contribution is -0.203. The molecule has 0 amide bonds. The molecule has 1 aliphatic heterocycles. The van der Waals surface area contributed by atoms with Crippen LogP contribution in [0.2, 0.25) is 10.0 Å². The number of halogens is 2. The third kappa shape index (κ3) is 2.17. The monoisotopic (exact) mass is 366 g/mol. The topological polar surface area (TPSA) is 43.4 Å². The fraction of sp³-hybridized carbons (Fsp3) is 0.579. The van der Waals surface area contributed by atoms with Gasteiger partial charge in [0.15, 0.2) is 5.78 Å². The molecule has 128 valence electrons. The molecule has 3 nitrogen and oxygen atoms in total. The van der Waals surface area contributed by atoms with Gasteiger partial charge in [0.25, 0.3) is 0 Å². The van der Waals surface area contributed by atoms with Gasteiger partial charge in [-0.1, -0.05) is 55.0 Å². The average Bonchev–Trinajstić information content (AvgIpc) is 2.52. The molecule has 2 spiro atoms. The maximum atomic E-state index is 13.5. The van der Waals surface area contributed by atoms with Gasteiger partial charge in [-0.05, 0) is 37.8 Å². The van der Waals surface area contributed by atoms with E-state index in [9.17, 15) is 9.59 Å². The summed E-state index contributed by atoms with van der Waals surface area (Å²) >= 11 is 12.3. The lowest BCUT2D eigenvalue weighted by atomic mass is 9.52. The van der Waals surface area contributed by atoms with Crippen LogP contribution in [0.4, 0.5) is 0 Å². The van der Waals surface area contributed by atoms with Crippen molar-refractivity contribution in [1.82, 2.24) is 0 Å². The molecule has 1 unspecified atom stereocenters. The van der Waals surface area contributed by atoms with E-state index in [0.29, 0.717) is 28.5 Å². The highest BCUT2D eigenvalue weighted by molar-refractivity contribution is 6.35. The maximum absolute atomic E-state index is 13.5. The van der Waals surface area contributed by atoms with Crippen molar-refractivity contribution >= 4 is 35.0 Å². The Kier molecular flexibility index (Phi) is 3.92. The molecule has 0 radical (unpaired) electrons. The molecule has 4 rings (SSSR count). The molecule has 1 saturated heterocycles. The number of carbonyl (C=O) groups excluding carboxylic acids is 2. The number of hydrogen-bond acceptors (Lipinski definition) is 3. The molecular weight excluding hydrogens is 347 g/mol. The minimum atomic E-state index is -0.909. The Morgan fingerprint density at radius 2 is 1.67 bits per heavy atom. The normalized spacial score (nSPS) is 27.8. The largest absolute Gasteiger partial charge is 0.456 e. The predicted molar refractivity (Wildman–Crippen MR) is 92.1 cm³/mol. The quantitative estimate of drug-likeness (QED) is 0.501. The third-order valence-electron chi connectivity index (χ3n) is 6.20. The van der Waals surface area contributed by atoms with E-state index in [1.165, 1.54) is 0 Å². The average molecular weight is 367 g/mol. The van der Waals surface area contributed by atoms with Gasteiger partial charge in [-0.15, -0.1) is 0 Å². The smallest absolute Gasteiger partial charge is 0.320 e. The molecule has 3 fully saturated rings. The Hall–Kier alpha value is -1.06. The van der Waals surface area contributed by atoms with Gasteiger partial charge in [0.1, 0.15) is 11.5 Å². The van der Waals surface area contributed by atoms with E-state index in [2.05, 4.69) is 0 Å². The Bertz CT molecular complexity index is 703. The fourth-order valence-corrected chi connectivity index (χ4v) is 5.24. The van der Waals surface area contributed by atoms with Crippen LogP contribution < -0.4 is 0 Å². The summed E-state index contributed by atoms with van der Waals surface area (Å²) in [6.07, 6.45) is 6.13. The molecule has 24 heavy (non-hydrogen) atoms. The Labute approximate surface area is 151 Å².